The van der Waals surface area contributed by atoms with Gasteiger partial charge in [0.1, 0.15) is 12.4 Å². The van der Waals surface area contributed by atoms with Crippen LogP contribution < -0.4 is 19.6 Å². The Balaban J connectivity index is 1.51. The molecule has 0 aliphatic carbocycles. The fourth-order valence-electron chi connectivity index (χ4n) is 3.46. The first-order valence-corrected chi connectivity index (χ1v) is 11.3. The molecule has 0 N–H and O–H groups in total. The molecular formula is C24H16BrFN2O3S. The van der Waals surface area contributed by atoms with Crippen molar-refractivity contribution in [2.45, 2.75) is 6.61 Å². The highest BCUT2D eigenvalue weighted by Gasteiger charge is 2.14. The van der Waals surface area contributed by atoms with E-state index in [9.17, 15) is 9.18 Å². The standard InChI is InChI=1S/C24H16BrFN2O3S/c1-30-20-11-15(10-17(25)22(20)31-13-14-6-8-16(26)9-7-14)12-21-23(29)28-19-5-3-2-4-18(19)27-24(28)32-21/h2-12H,13H2,1H3/b21-12-. The van der Waals surface area contributed by atoms with Crippen LogP contribution in [0.15, 0.2) is 69.9 Å². The Morgan fingerprint density at radius 3 is 2.72 bits per heavy atom. The van der Waals surface area contributed by atoms with Crippen molar-refractivity contribution in [3.8, 4) is 11.5 Å². The van der Waals surface area contributed by atoms with E-state index in [2.05, 4.69) is 20.9 Å². The van der Waals surface area contributed by atoms with Gasteiger partial charge >= 0.3 is 0 Å². The maximum absolute atomic E-state index is 13.1. The highest BCUT2D eigenvalue weighted by Crippen LogP contribution is 2.37. The van der Waals surface area contributed by atoms with E-state index < -0.39 is 0 Å². The third-order valence-corrected chi connectivity index (χ3v) is 6.55. The molecule has 160 valence electrons. The van der Waals surface area contributed by atoms with Gasteiger partial charge in [-0.15, -0.1) is 0 Å². The van der Waals surface area contributed by atoms with Crippen molar-refractivity contribution in [2.75, 3.05) is 7.11 Å². The second-order valence-electron chi connectivity index (χ2n) is 7.08. The summed E-state index contributed by atoms with van der Waals surface area (Å²) in [6.07, 6.45) is 1.81. The Bertz CT molecular complexity index is 1560. The summed E-state index contributed by atoms with van der Waals surface area (Å²) in [6.45, 7) is 0.262. The van der Waals surface area contributed by atoms with E-state index in [-0.39, 0.29) is 18.0 Å². The Labute approximate surface area is 194 Å². The molecule has 32 heavy (non-hydrogen) atoms. The van der Waals surface area contributed by atoms with Gasteiger partial charge in [0.2, 0.25) is 0 Å². The number of imidazole rings is 1. The zero-order valence-corrected chi connectivity index (χ0v) is 19.2. The van der Waals surface area contributed by atoms with Crippen LogP contribution >= 0.6 is 27.3 Å². The van der Waals surface area contributed by atoms with E-state index in [1.165, 1.54) is 23.5 Å². The van der Waals surface area contributed by atoms with Crippen LogP contribution in [-0.2, 0) is 6.61 Å². The van der Waals surface area contributed by atoms with E-state index in [1.807, 2.05) is 42.5 Å². The first kappa shape index (κ1) is 20.7. The molecule has 0 saturated carbocycles. The van der Waals surface area contributed by atoms with Gasteiger partial charge in [0.15, 0.2) is 16.5 Å². The first-order valence-electron chi connectivity index (χ1n) is 9.70. The van der Waals surface area contributed by atoms with Crippen molar-refractivity contribution in [1.82, 2.24) is 9.38 Å². The van der Waals surface area contributed by atoms with Crippen LogP contribution in [0.2, 0.25) is 0 Å². The molecule has 2 aromatic heterocycles. The van der Waals surface area contributed by atoms with E-state index in [0.717, 1.165) is 22.2 Å². The van der Waals surface area contributed by atoms with E-state index in [4.69, 9.17) is 9.47 Å². The van der Waals surface area contributed by atoms with Crippen LogP contribution in [0, 0.1) is 5.82 Å². The Kier molecular flexibility index (Phi) is 5.40. The minimum absolute atomic E-state index is 0.106. The summed E-state index contributed by atoms with van der Waals surface area (Å²) in [7, 11) is 1.56. The van der Waals surface area contributed by atoms with Gasteiger partial charge in [-0.25, -0.2) is 13.8 Å². The van der Waals surface area contributed by atoms with Gasteiger partial charge in [-0.3, -0.25) is 4.79 Å². The number of methoxy groups -OCH3 is 1. The Morgan fingerprint density at radius 1 is 1.16 bits per heavy atom. The number of para-hydroxylation sites is 2. The van der Waals surface area contributed by atoms with Gasteiger partial charge < -0.3 is 9.47 Å². The molecule has 0 saturated heterocycles. The Hall–Kier alpha value is -3.23. The zero-order chi connectivity index (χ0) is 22.2. The van der Waals surface area contributed by atoms with Gasteiger partial charge in [-0.05, 0) is 69.5 Å². The van der Waals surface area contributed by atoms with Crippen LogP contribution in [-0.4, -0.2) is 16.5 Å². The van der Waals surface area contributed by atoms with E-state index >= 15 is 0 Å². The average Bonchev–Trinajstić information content (AvgIpc) is 3.30. The summed E-state index contributed by atoms with van der Waals surface area (Å²) in [5.41, 5.74) is 3.11. The lowest BCUT2D eigenvalue weighted by Gasteiger charge is -2.13. The fraction of sp³-hybridized carbons (Fsp3) is 0.0833. The monoisotopic (exact) mass is 510 g/mol. The largest absolute Gasteiger partial charge is 0.493 e. The minimum Gasteiger partial charge on any atom is -0.493 e. The lowest BCUT2D eigenvalue weighted by Crippen LogP contribution is -2.22. The highest BCUT2D eigenvalue weighted by molar-refractivity contribution is 9.10. The summed E-state index contributed by atoms with van der Waals surface area (Å²) in [5.74, 6) is 0.759. The van der Waals surface area contributed by atoms with Crippen molar-refractivity contribution in [1.29, 1.82) is 0 Å². The fourth-order valence-corrected chi connectivity index (χ4v) is 5.02. The summed E-state index contributed by atoms with van der Waals surface area (Å²) in [6, 6.07) is 17.4. The lowest BCUT2D eigenvalue weighted by atomic mass is 10.2. The quantitative estimate of drug-likeness (QED) is 0.335. The third-order valence-electron chi connectivity index (χ3n) is 4.99. The maximum atomic E-state index is 13.1. The van der Waals surface area contributed by atoms with Crippen LogP contribution in [0.4, 0.5) is 4.39 Å². The normalized spacial score (nSPS) is 12.0. The Morgan fingerprint density at radius 2 is 1.94 bits per heavy atom. The summed E-state index contributed by atoms with van der Waals surface area (Å²) in [5, 5.41) is 0. The summed E-state index contributed by atoms with van der Waals surface area (Å²) in [4.78, 5) is 18.2. The first-order chi connectivity index (χ1) is 15.5. The number of hydrogen-bond donors (Lipinski definition) is 0. The molecule has 0 radical (unpaired) electrons. The van der Waals surface area contributed by atoms with Gasteiger partial charge in [0, 0.05) is 0 Å². The second-order valence-corrected chi connectivity index (χ2v) is 8.95. The SMILES string of the molecule is COc1cc(/C=c2\sc3nc4ccccc4n3c2=O)cc(Br)c1OCc1ccc(F)cc1. The van der Waals surface area contributed by atoms with E-state index in [0.29, 0.717) is 25.5 Å². The number of benzene rings is 3. The molecule has 3 aromatic carbocycles. The molecule has 5 nitrogen and oxygen atoms in total. The predicted octanol–water partition coefficient (Wildman–Crippen LogP) is 4.95. The molecule has 0 aliphatic rings. The number of aromatic nitrogens is 2. The predicted molar refractivity (Wildman–Crippen MR) is 127 cm³/mol. The van der Waals surface area contributed by atoms with Crippen LogP contribution in [0.5, 0.6) is 11.5 Å². The van der Waals surface area contributed by atoms with Crippen LogP contribution in [0.3, 0.4) is 0 Å². The maximum Gasteiger partial charge on any atom is 0.274 e. The molecule has 0 amide bonds. The molecule has 2 heterocycles. The number of rotatable bonds is 5. The summed E-state index contributed by atoms with van der Waals surface area (Å²) < 4.78 is 27.4. The average molecular weight is 511 g/mol. The molecule has 0 bridgehead atoms. The smallest absolute Gasteiger partial charge is 0.274 e. The van der Waals surface area contributed by atoms with Crippen molar-refractivity contribution >= 4 is 49.3 Å². The summed E-state index contributed by atoms with van der Waals surface area (Å²) >= 11 is 4.88. The lowest BCUT2D eigenvalue weighted by molar-refractivity contribution is 0.282. The molecule has 5 aromatic rings. The van der Waals surface area contributed by atoms with Gasteiger partial charge in [0.25, 0.3) is 5.56 Å². The second kappa shape index (κ2) is 8.37. The molecule has 5 rings (SSSR count). The topological polar surface area (TPSA) is 52.8 Å². The molecule has 0 aliphatic heterocycles. The number of nitrogens with zero attached hydrogens (tertiary/aromatic N) is 2. The molecule has 0 atom stereocenters. The number of ether oxygens (including phenoxy) is 2. The molecule has 0 unspecified atom stereocenters. The molecule has 0 spiro atoms. The van der Waals surface area contributed by atoms with Crippen molar-refractivity contribution < 1.29 is 13.9 Å². The number of fused-ring (bicyclic) bond motifs is 3. The number of thiazole rings is 1. The third kappa shape index (κ3) is 3.76. The van der Waals surface area contributed by atoms with Crippen molar-refractivity contribution in [3.05, 3.63) is 97.0 Å². The number of hydrogen-bond acceptors (Lipinski definition) is 5. The van der Waals surface area contributed by atoms with Crippen molar-refractivity contribution in [2.24, 2.45) is 0 Å². The molecular weight excluding hydrogens is 495 g/mol. The van der Waals surface area contributed by atoms with Crippen LogP contribution in [0.25, 0.3) is 22.1 Å². The zero-order valence-electron chi connectivity index (χ0n) is 16.8. The van der Waals surface area contributed by atoms with Crippen LogP contribution in [0.1, 0.15) is 11.1 Å². The molecule has 0 fully saturated rings. The van der Waals surface area contributed by atoms with Crippen molar-refractivity contribution in [3.63, 3.8) is 0 Å². The van der Waals surface area contributed by atoms with Gasteiger partial charge in [-0.2, -0.15) is 0 Å². The van der Waals surface area contributed by atoms with E-state index in [1.54, 1.807) is 23.6 Å². The molecule has 8 heteroatoms. The number of halogens is 2. The van der Waals surface area contributed by atoms with Gasteiger partial charge in [0.05, 0.1) is 27.1 Å². The highest BCUT2D eigenvalue weighted by atomic mass is 79.9. The van der Waals surface area contributed by atoms with Gasteiger partial charge in [-0.1, -0.05) is 35.6 Å². The minimum atomic E-state index is -0.292.